The number of benzene rings is 1. The third-order valence-electron chi connectivity index (χ3n) is 3.65. The molecule has 1 atom stereocenters. The van der Waals surface area contributed by atoms with Crippen molar-refractivity contribution in [3.8, 4) is 0 Å². The molecule has 0 heterocycles. The molecule has 1 aliphatic carbocycles. The number of hydrogen-bond donors (Lipinski definition) is 2. The third kappa shape index (κ3) is 2.97. The van der Waals surface area contributed by atoms with Gasteiger partial charge in [-0.05, 0) is 43.4 Å². The maximum atomic E-state index is 9.30. The van der Waals surface area contributed by atoms with Gasteiger partial charge >= 0.3 is 0 Å². The lowest BCUT2D eigenvalue weighted by Crippen LogP contribution is -2.37. The molecule has 1 unspecified atom stereocenters. The first-order valence-electron chi connectivity index (χ1n) is 6.41. The highest BCUT2D eigenvalue weighted by Crippen LogP contribution is 2.32. The Morgan fingerprint density at radius 2 is 2.17 bits per heavy atom. The van der Waals surface area contributed by atoms with Crippen LogP contribution in [0.3, 0.4) is 0 Å². The fourth-order valence-electron chi connectivity index (χ4n) is 2.45. The summed E-state index contributed by atoms with van der Waals surface area (Å²) >= 11 is 6.30. The van der Waals surface area contributed by atoms with Crippen LogP contribution in [0.4, 0.5) is 5.69 Å². The largest absolute Gasteiger partial charge is 0.393 e. The van der Waals surface area contributed by atoms with Gasteiger partial charge in [0.1, 0.15) is 0 Å². The van der Waals surface area contributed by atoms with Crippen molar-refractivity contribution in [3.05, 3.63) is 28.8 Å². The van der Waals surface area contributed by atoms with Crippen molar-refractivity contribution in [2.45, 2.75) is 31.9 Å². The lowest BCUT2D eigenvalue weighted by atomic mass is 9.82. The quantitative estimate of drug-likeness (QED) is 0.882. The predicted octanol–water partition coefficient (Wildman–Crippen LogP) is 2.57. The normalized spacial score (nSPS) is 24.5. The zero-order valence-electron chi connectivity index (χ0n) is 10.9. The Balaban J connectivity index is 2.03. The summed E-state index contributed by atoms with van der Waals surface area (Å²) in [5, 5.41) is 10.0. The highest BCUT2D eigenvalue weighted by atomic mass is 35.5. The van der Waals surface area contributed by atoms with Gasteiger partial charge in [0.2, 0.25) is 0 Å². The average Bonchev–Trinajstić information content (AvgIpc) is 2.26. The van der Waals surface area contributed by atoms with Gasteiger partial charge in [0.25, 0.3) is 0 Å². The number of halogens is 1. The minimum atomic E-state index is -0.0978. The van der Waals surface area contributed by atoms with E-state index in [1.54, 1.807) is 0 Å². The van der Waals surface area contributed by atoms with Gasteiger partial charge in [-0.1, -0.05) is 17.7 Å². The number of aliphatic hydroxyl groups is 1. The number of aliphatic hydroxyl groups excluding tert-OH is 1. The molecular formula is C14H21ClN2O. The zero-order valence-corrected chi connectivity index (χ0v) is 11.7. The molecule has 18 heavy (non-hydrogen) atoms. The Labute approximate surface area is 114 Å². The molecule has 1 saturated carbocycles. The Morgan fingerprint density at radius 1 is 1.50 bits per heavy atom. The van der Waals surface area contributed by atoms with Gasteiger partial charge in [-0.15, -0.1) is 0 Å². The molecular weight excluding hydrogens is 248 g/mol. The molecule has 1 aromatic rings. The third-order valence-corrected chi connectivity index (χ3v) is 3.95. The fourth-order valence-corrected chi connectivity index (χ4v) is 2.78. The monoisotopic (exact) mass is 268 g/mol. The smallest absolute Gasteiger partial charge is 0.0642 e. The first kappa shape index (κ1) is 13.7. The lowest BCUT2D eigenvalue weighted by Gasteiger charge is -2.35. The van der Waals surface area contributed by atoms with E-state index in [-0.39, 0.29) is 12.1 Å². The lowest BCUT2D eigenvalue weighted by molar-refractivity contribution is 0.0465. The van der Waals surface area contributed by atoms with Crippen LogP contribution < -0.4 is 10.6 Å². The molecule has 0 aromatic heterocycles. The highest BCUT2D eigenvalue weighted by molar-refractivity contribution is 6.33. The van der Waals surface area contributed by atoms with Crippen molar-refractivity contribution in [1.29, 1.82) is 0 Å². The number of rotatable bonds is 4. The van der Waals surface area contributed by atoms with Crippen LogP contribution in [0.2, 0.25) is 5.02 Å². The highest BCUT2D eigenvalue weighted by Gasteiger charge is 2.28. The number of anilines is 1. The Hall–Kier alpha value is -0.770. The van der Waals surface area contributed by atoms with Crippen LogP contribution in [0.5, 0.6) is 0 Å². The molecule has 2 rings (SSSR count). The second kappa shape index (κ2) is 5.47. The van der Waals surface area contributed by atoms with Gasteiger partial charge in [-0.25, -0.2) is 0 Å². The first-order chi connectivity index (χ1) is 8.47. The van der Waals surface area contributed by atoms with Crippen LogP contribution in [0.25, 0.3) is 0 Å². The van der Waals surface area contributed by atoms with Crippen molar-refractivity contribution in [2.24, 2.45) is 11.7 Å². The van der Waals surface area contributed by atoms with Crippen molar-refractivity contribution in [2.75, 3.05) is 18.5 Å². The van der Waals surface area contributed by atoms with Crippen molar-refractivity contribution >= 4 is 17.3 Å². The second-order valence-corrected chi connectivity index (χ2v) is 5.78. The van der Waals surface area contributed by atoms with E-state index in [1.807, 2.05) is 32.2 Å². The van der Waals surface area contributed by atoms with E-state index < -0.39 is 0 Å². The van der Waals surface area contributed by atoms with Gasteiger partial charge in [-0.2, -0.15) is 0 Å². The molecule has 3 nitrogen and oxygen atoms in total. The summed E-state index contributed by atoms with van der Waals surface area (Å²) in [5.41, 5.74) is 7.92. The minimum Gasteiger partial charge on any atom is -0.393 e. The van der Waals surface area contributed by atoms with Crippen LogP contribution >= 0.6 is 11.6 Å². The average molecular weight is 269 g/mol. The molecule has 100 valence electrons. The number of nitrogens with zero attached hydrogens (tertiary/aromatic N) is 1. The summed E-state index contributed by atoms with van der Waals surface area (Å²) < 4.78 is 0. The second-order valence-electron chi connectivity index (χ2n) is 5.37. The molecule has 1 aliphatic rings. The minimum absolute atomic E-state index is 0.00337. The molecule has 0 bridgehead atoms. The molecule has 3 N–H and O–H groups in total. The fraction of sp³-hybridized carbons (Fsp3) is 0.571. The van der Waals surface area contributed by atoms with Gasteiger partial charge in [-0.3, -0.25) is 0 Å². The van der Waals surface area contributed by atoms with Gasteiger partial charge in [0.05, 0.1) is 16.8 Å². The van der Waals surface area contributed by atoms with E-state index in [9.17, 15) is 5.11 Å². The van der Waals surface area contributed by atoms with Crippen molar-refractivity contribution in [3.63, 3.8) is 0 Å². The van der Waals surface area contributed by atoms with E-state index in [0.717, 1.165) is 35.7 Å². The zero-order chi connectivity index (χ0) is 13.3. The van der Waals surface area contributed by atoms with E-state index in [0.29, 0.717) is 5.92 Å². The van der Waals surface area contributed by atoms with Crippen LogP contribution in [0.1, 0.15) is 31.4 Å². The summed E-state index contributed by atoms with van der Waals surface area (Å²) in [6, 6.07) is 5.99. The molecule has 0 aliphatic heterocycles. The van der Waals surface area contributed by atoms with Crippen LogP contribution in [-0.4, -0.2) is 24.8 Å². The Morgan fingerprint density at radius 3 is 2.67 bits per heavy atom. The maximum Gasteiger partial charge on any atom is 0.0642 e. The van der Waals surface area contributed by atoms with Crippen LogP contribution in [0.15, 0.2) is 18.2 Å². The number of hydrogen-bond acceptors (Lipinski definition) is 3. The molecule has 1 aromatic carbocycles. The predicted molar refractivity (Wildman–Crippen MR) is 76.1 cm³/mol. The number of nitrogens with two attached hydrogens (primary N) is 1. The van der Waals surface area contributed by atoms with Gasteiger partial charge < -0.3 is 15.7 Å². The van der Waals surface area contributed by atoms with Gasteiger partial charge in [0.15, 0.2) is 0 Å². The summed E-state index contributed by atoms with van der Waals surface area (Å²) in [6.07, 6.45) is 1.71. The standard InChI is InChI=1S/C14H21ClN2O/c1-9(16)11-3-4-14(13(15)7-11)17(2)8-10-5-12(18)6-10/h3-4,7,9-10,12,18H,5-6,8,16H2,1-2H3. The first-order valence-corrected chi connectivity index (χ1v) is 6.79. The van der Waals surface area contributed by atoms with E-state index in [2.05, 4.69) is 4.90 Å². The molecule has 0 spiro atoms. The molecule has 1 fully saturated rings. The van der Waals surface area contributed by atoms with E-state index in [1.165, 1.54) is 0 Å². The van der Waals surface area contributed by atoms with E-state index >= 15 is 0 Å². The summed E-state index contributed by atoms with van der Waals surface area (Å²) in [7, 11) is 2.04. The molecule has 4 heteroatoms. The Bertz CT molecular complexity index is 416. The maximum absolute atomic E-state index is 9.30. The van der Waals surface area contributed by atoms with Crippen molar-refractivity contribution in [1.82, 2.24) is 0 Å². The Kier molecular flexibility index (Phi) is 4.15. The summed E-state index contributed by atoms with van der Waals surface area (Å²) in [5.74, 6) is 0.578. The van der Waals surface area contributed by atoms with E-state index in [4.69, 9.17) is 17.3 Å². The molecule has 0 radical (unpaired) electrons. The SMILES string of the molecule is CC(N)c1ccc(N(C)CC2CC(O)C2)c(Cl)c1. The van der Waals surface area contributed by atoms with Crippen LogP contribution in [0, 0.1) is 5.92 Å². The summed E-state index contributed by atoms with van der Waals surface area (Å²) in [4.78, 5) is 2.16. The molecule has 0 amide bonds. The molecule has 0 saturated heterocycles. The topological polar surface area (TPSA) is 49.5 Å². The van der Waals surface area contributed by atoms with Gasteiger partial charge in [0, 0.05) is 19.6 Å². The van der Waals surface area contributed by atoms with Crippen LogP contribution in [-0.2, 0) is 0 Å². The van der Waals surface area contributed by atoms with Crippen molar-refractivity contribution < 1.29 is 5.11 Å². The summed E-state index contributed by atoms with van der Waals surface area (Å²) in [6.45, 7) is 2.89.